The Balaban J connectivity index is 2.46. The van der Waals surface area contributed by atoms with Crippen LogP contribution in [0.5, 0.6) is 5.75 Å². The van der Waals surface area contributed by atoms with Gasteiger partial charge in [0, 0.05) is 12.5 Å². The summed E-state index contributed by atoms with van der Waals surface area (Å²) in [6, 6.07) is 5.11. The van der Waals surface area contributed by atoms with Crippen molar-refractivity contribution < 1.29 is 9.13 Å². The predicted octanol–water partition coefficient (Wildman–Crippen LogP) is 3.29. The largest absolute Gasteiger partial charge is 0.494 e. The topological polar surface area (TPSA) is 21.3 Å². The van der Waals surface area contributed by atoms with Crippen molar-refractivity contribution in [1.82, 2.24) is 5.32 Å². The number of benzene rings is 1. The Kier molecular flexibility index (Phi) is 6.24. The summed E-state index contributed by atoms with van der Waals surface area (Å²) in [6.07, 6.45) is 8.09. The average Bonchev–Trinajstić information content (AvgIpc) is 2.38. The van der Waals surface area contributed by atoms with Crippen molar-refractivity contribution in [2.45, 2.75) is 32.2 Å². The molecule has 0 radical (unpaired) electrons. The fourth-order valence-corrected chi connectivity index (χ4v) is 1.73. The molecule has 3 heteroatoms. The lowest BCUT2D eigenvalue weighted by Crippen LogP contribution is -2.19. The van der Waals surface area contributed by atoms with Crippen LogP contribution in [0.25, 0.3) is 0 Å². The smallest absolute Gasteiger partial charge is 0.165 e. The zero-order valence-corrected chi connectivity index (χ0v) is 11.0. The summed E-state index contributed by atoms with van der Waals surface area (Å²) in [6.45, 7) is 2.95. The molecule has 98 valence electrons. The minimum Gasteiger partial charge on any atom is -0.494 e. The van der Waals surface area contributed by atoms with Gasteiger partial charge in [-0.3, -0.25) is 0 Å². The van der Waals surface area contributed by atoms with E-state index in [1.165, 1.54) is 13.2 Å². The second-order valence-corrected chi connectivity index (χ2v) is 4.23. The third kappa shape index (κ3) is 4.38. The van der Waals surface area contributed by atoms with Gasteiger partial charge in [-0.25, -0.2) is 4.39 Å². The molecule has 1 N–H and O–H groups in total. The lowest BCUT2D eigenvalue weighted by molar-refractivity contribution is 0.385. The van der Waals surface area contributed by atoms with Crippen LogP contribution in [0.15, 0.2) is 18.2 Å². The molecule has 1 aromatic rings. The van der Waals surface area contributed by atoms with Crippen molar-refractivity contribution in [2.24, 2.45) is 0 Å². The third-order valence-electron chi connectivity index (χ3n) is 2.87. The number of ether oxygens (including phenoxy) is 1. The van der Waals surface area contributed by atoms with Crippen LogP contribution >= 0.6 is 0 Å². The van der Waals surface area contributed by atoms with Crippen LogP contribution in [0.2, 0.25) is 0 Å². The Hall–Kier alpha value is -1.53. The Morgan fingerprint density at radius 2 is 2.22 bits per heavy atom. The zero-order chi connectivity index (χ0) is 13.4. The quantitative estimate of drug-likeness (QED) is 0.591. The lowest BCUT2D eigenvalue weighted by Gasteiger charge is -2.15. The molecule has 0 aromatic heterocycles. The molecular formula is C15H20FNO. The molecule has 0 aliphatic heterocycles. The number of halogens is 1. The Labute approximate surface area is 109 Å². The number of hydrogen-bond acceptors (Lipinski definition) is 2. The van der Waals surface area contributed by atoms with Gasteiger partial charge >= 0.3 is 0 Å². The zero-order valence-electron chi connectivity index (χ0n) is 11.0. The van der Waals surface area contributed by atoms with Gasteiger partial charge in [0.2, 0.25) is 0 Å². The Morgan fingerprint density at radius 1 is 1.44 bits per heavy atom. The van der Waals surface area contributed by atoms with Crippen molar-refractivity contribution >= 4 is 0 Å². The van der Waals surface area contributed by atoms with Gasteiger partial charge in [0.05, 0.1) is 7.11 Å². The van der Waals surface area contributed by atoms with Crippen molar-refractivity contribution in [3.63, 3.8) is 0 Å². The summed E-state index contributed by atoms with van der Waals surface area (Å²) in [7, 11) is 1.47. The van der Waals surface area contributed by atoms with E-state index in [-0.39, 0.29) is 17.6 Å². The van der Waals surface area contributed by atoms with Crippen LogP contribution in [0.1, 0.15) is 37.8 Å². The second-order valence-electron chi connectivity index (χ2n) is 4.23. The van der Waals surface area contributed by atoms with E-state index >= 15 is 0 Å². The van der Waals surface area contributed by atoms with E-state index in [9.17, 15) is 4.39 Å². The maximum Gasteiger partial charge on any atom is 0.165 e. The molecule has 2 nitrogen and oxygen atoms in total. The van der Waals surface area contributed by atoms with Crippen LogP contribution < -0.4 is 10.1 Å². The Bertz CT molecular complexity index is 411. The van der Waals surface area contributed by atoms with E-state index in [4.69, 9.17) is 11.2 Å². The van der Waals surface area contributed by atoms with Crippen molar-refractivity contribution in [2.75, 3.05) is 13.7 Å². The SMILES string of the molecule is C#CCCCCNC(C)c1ccc(F)c(OC)c1. The molecule has 0 heterocycles. The first-order valence-electron chi connectivity index (χ1n) is 6.19. The van der Waals surface area contributed by atoms with Crippen molar-refractivity contribution in [3.05, 3.63) is 29.6 Å². The van der Waals surface area contributed by atoms with Gasteiger partial charge in [-0.2, -0.15) is 0 Å². The van der Waals surface area contributed by atoms with E-state index in [2.05, 4.69) is 11.2 Å². The van der Waals surface area contributed by atoms with Crippen LogP contribution in [0.4, 0.5) is 4.39 Å². The van der Waals surface area contributed by atoms with E-state index in [0.717, 1.165) is 31.4 Å². The fraction of sp³-hybridized carbons (Fsp3) is 0.467. The molecule has 0 amide bonds. The molecule has 0 spiro atoms. The molecular weight excluding hydrogens is 229 g/mol. The van der Waals surface area contributed by atoms with Gasteiger partial charge in [-0.1, -0.05) is 6.07 Å². The minimum atomic E-state index is -0.331. The molecule has 0 saturated heterocycles. The van der Waals surface area contributed by atoms with Crippen molar-refractivity contribution in [1.29, 1.82) is 0 Å². The molecule has 1 rings (SSSR count). The second kappa shape index (κ2) is 7.73. The molecule has 0 aliphatic carbocycles. The molecule has 0 fully saturated rings. The highest BCUT2D eigenvalue weighted by atomic mass is 19.1. The summed E-state index contributed by atoms with van der Waals surface area (Å²) in [5.74, 6) is 2.58. The van der Waals surface area contributed by atoms with Gasteiger partial charge < -0.3 is 10.1 Å². The molecule has 1 aromatic carbocycles. The van der Waals surface area contributed by atoms with Gasteiger partial charge in [0.1, 0.15) is 0 Å². The maximum absolute atomic E-state index is 13.3. The maximum atomic E-state index is 13.3. The monoisotopic (exact) mass is 249 g/mol. The van der Waals surface area contributed by atoms with E-state index in [1.807, 2.05) is 6.92 Å². The van der Waals surface area contributed by atoms with Crippen molar-refractivity contribution in [3.8, 4) is 18.1 Å². The first kappa shape index (κ1) is 14.5. The first-order chi connectivity index (χ1) is 8.69. The van der Waals surface area contributed by atoms with Gasteiger partial charge in [0.15, 0.2) is 11.6 Å². The molecule has 1 unspecified atom stereocenters. The van der Waals surface area contributed by atoms with Crippen LogP contribution in [-0.2, 0) is 0 Å². The van der Waals surface area contributed by atoms with Gasteiger partial charge in [0.25, 0.3) is 0 Å². The van der Waals surface area contributed by atoms with E-state index in [0.29, 0.717) is 0 Å². The third-order valence-corrected chi connectivity index (χ3v) is 2.87. The number of unbranched alkanes of at least 4 members (excludes halogenated alkanes) is 2. The van der Waals surface area contributed by atoms with Gasteiger partial charge in [-0.15, -0.1) is 12.3 Å². The molecule has 18 heavy (non-hydrogen) atoms. The van der Waals surface area contributed by atoms with E-state index in [1.54, 1.807) is 12.1 Å². The molecule has 0 saturated carbocycles. The molecule has 0 aliphatic rings. The molecule has 1 atom stereocenters. The van der Waals surface area contributed by atoms with E-state index < -0.39 is 0 Å². The summed E-state index contributed by atoms with van der Waals surface area (Å²) < 4.78 is 18.2. The summed E-state index contributed by atoms with van der Waals surface area (Å²) in [4.78, 5) is 0. The fourth-order valence-electron chi connectivity index (χ4n) is 1.73. The first-order valence-corrected chi connectivity index (χ1v) is 6.19. The molecule has 0 bridgehead atoms. The summed E-state index contributed by atoms with van der Waals surface area (Å²) >= 11 is 0. The number of hydrogen-bond donors (Lipinski definition) is 1. The van der Waals surface area contributed by atoms with Crippen LogP contribution in [-0.4, -0.2) is 13.7 Å². The number of rotatable bonds is 7. The van der Waals surface area contributed by atoms with Crippen LogP contribution in [0.3, 0.4) is 0 Å². The highest BCUT2D eigenvalue weighted by Gasteiger charge is 2.08. The number of methoxy groups -OCH3 is 1. The average molecular weight is 249 g/mol. The summed E-state index contributed by atoms with van der Waals surface area (Å²) in [5, 5.41) is 3.38. The Morgan fingerprint density at radius 3 is 2.89 bits per heavy atom. The highest BCUT2D eigenvalue weighted by molar-refractivity contribution is 5.31. The highest BCUT2D eigenvalue weighted by Crippen LogP contribution is 2.22. The van der Waals surface area contributed by atoms with Gasteiger partial charge in [-0.05, 0) is 44.0 Å². The van der Waals surface area contributed by atoms with Crippen LogP contribution in [0, 0.1) is 18.2 Å². The lowest BCUT2D eigenvalue weighted by atomic mass is 10.1. The summed E-state index contributed by atoms with van der Waals surface area (Å²) in [5.41, 5.74) is 1.02. The predicted molar refractivity (Wildman–Crippen MR) is 72.1 cm³/mol. The number of terminal acetylenes is 1. The number of nitrogens with one attached hydrogen (secondary N) is 1. The normalized spacial score (nSPS) is 11.9. The minimum absolute atomic E-state index is 0.172. The standard InChI is InChI=1S/C15H20FNO/c1-4-5-6-7-10-17-12(2)13-8-9-14(16)15(11-13)18-3/h1,8-9,11-12,17H,5-7,10H2,2-3H3.